The fourth-order valence-corrected chi connectivity index (χ4v) is 4.15. The quantitative estimate of drug-likeness (QED) is 0.424. The van der Waals surface area contributed by atoms with Crippen LogP contribution >= 0.6 is 11.8 Å². The second-order valence-corrected chi connectivity index (χ2v) is 7.69. The Bertz CT molecular complexity index is 1120. The third kappa shape index (κ3) is 4.19. The zero-order valence-corrected chi connectivity index (χ0v) is 17.2. The fraction of sp³-hybridized carbons (Fsp3) is 0.227. The lowest BCUT2D eigenvalue weighted by molar-refractivity contribution is -0.127. The van der Waals surface area contributed by atoms with Crippen molar-refractivity contribution >= 4 is 28.4 Å². The van der Waals surface area contributed by atoms with E-state index in [1.165, 1.54) is 22.5 Å². The van der Waals surface area contributed by atoms with Crippen LogP contribution in [0.5, 0.6) is 0 Å². The third-order valence-electron chi connectivity index (χ3n) is 4.76. The van der Waals surface area contributed by atoms with E-state index in [0.29, 0.717) is 35.6 Å². The predicted molar refractivity (Wildman–Crippen MR) is 115 cm³/mol. The van der Waals surface area contributed by atoms with Gasteiger partial charge in [0, 0.05) is 20.1 Å². The molecule has 0 aliphatic heterocycles. The molecule has 0 fully saturated rings. The van der Waals surface area contributed by atoms with Gasteiger partial charge in [-0.2, -0.15) is 0 Å². The van der Waals surface area contributed by atoms with Gasteiger partial charge in [-0.15, -0.1) is 10.2 Å². The maximum absolute atomic E-state index is 12.6. The maximum Gasteiger partial charge on any atom is 0.233 e. The van der Waals surface area contributed by atoms with E-state index in [1.54, 1.807) is 11.2 Å². The van der Waals surface area contributed by atoms with Crippen LogP contribution in [-0.2, 0) is 17.9 Å². The van der Waals surface area contributed by atoms with Crippen molar-refractivity contribution in [1.82, 2.24) is 19.7 Å². The van der Waals surface area contributed by atoms with Crippen molar-refractivity contribution in [3.63, 3.8) is 0 Å². The lowest BCUT2D eigenvalue weighted by atomic mass is 10.1. The molecule has 2 aromatic carbocycles. The van der Waals surface area contributed by atoms with Crippen LogP contribution < -0.4 is 0 Å². The van der Waals surface area contributed by atoms with Crippen LogP contribution in [0.3, 0.4) is 0 Å². The zero-order valence-electron chi connectivity index (χ0n) is 16.4. The van der Waals surface area contributed by atoms with Gasteiger partial charge in [-0.25, -0.2) is 0 Å². The Morgan fingerprint density at radius 1 is 1.10 bits per heavy atom. The van der Waals surface area contributed by atoms with Crippen LogP contribution in [0.2, 0.25) is 0 Å². The van der Waals surface area contributed by atoms with E-state index < -0.39 is 0 Å². The van der Waals surface area contributed by atoms with Gasteiger partial charge in [-0.05, 0) is 41.5 Å². The van der Waals surface area contributed by atoms with E-state index in [-0.39, 0.29) is 5.91 Å². The number of thioether (sulfide) groups is 1. The SMILES string of the molecule is CCn1c(SCC(=O)N(C)Cc2ccc3ccccc3c2)nnc1-c1ccco1. The van der Waals surface area contributed by atoms with Crippen molar-refractivity contribution in [2.24, 2.45) is 0 Å². The van der Waals surface area contributed by atoms with Crippen molar-refractivity contribution in [3.05, 3.63) is 66.4 Å². The molecule has 4 rings (SSSR count). The molecule has 6 nitrogen and oxygen atoms in total. The van der Waals surface area contributed by atoms with Gasteiger partial charge in [0.05, 0.1) is 12.0 Å². The molecule has 0 spiro atoms. The summed E-state index contributed by atoms with van der Waals surface area (Å²) in [7, 11) is 1.83. The summed E-state index contributed by atoms with van der Waals surface area (Å²) in [6.07, 6.45) is 1.61. The second-order valence-electron chi connectivity index (χ2n) is 6.75. The van der Waals surface area contributed by atoms with E-state index in [0.717, 1.165) is 5.56 Å². The summed E-state index contributed by atoms with van der Waals surface area (Å²) in [5.74, 6) is 1.71. The number of hydrogen-bond donors (Lipinski definition) is 0. The highest BCUT2D eigenvalue weighted by atomic mass is 32.2. The molecule has 0 saturated heterocycles. The normalized spacial score (nSPS) is 11.1. The average Bonchev–Trinajstić information content (AvgIpc) is 3.41. The molecule has 148 valence electrons. The molecule has 0 aliphatic carbocycles. The highest BCUT2D eigenvalue weighted by Gasteiger charge is 2.17. The van der Waals surface area contributed by atoms with Gasteiger partial charge in [0.25, 0.3) is 0 Å². The third-order valence-corrected chi connectivity index (χ3v) is 5.71. The van der Waals surface area contributed by atoms with Gasteiger partial charge >= 0.3 is 0 Å². The molecule has 0 atom stereocenters. The van der Waals surface area contributed by atoms with Crippen molar-refractivity contribution in [2.75, 3.05) is 12.8 Å². The zero-order chi connectivity index (χ0) is 20.2. The van der Waals surface area contributed by atoms with Crippen LogP contribution in [0, 0.1) is 0 Å². The number of hydrogen-bond acceptors (Lipinski definition) is 5. The highest BCUT2D eigenvalue weighted by molar-refractivity contribution is 7.99. The number of furan rings is 1. The molecule has 0 bridgehead atoms. The molecular weight excluding hydrogens is 384 g/mol. The molecule has 2 aromatic heterocycles. The Kier molecular flexibility index (Phi) is 5.67. The van der Waals surface area contributed by atoms with Crippen molar-refractivity contribution in [1.29, 1.82) is 0 Å². The van der Waals surface area contributed by atoms with E-state index >= 15 is 0 Å². The van der Waals surface area contributed by atoms with Crippen LogP contribution in [0.15, 0.2) is 70.4 Å². The van der Waals surface area contributed by atoms with Crippen LogP contribution in [0.4, 0.5) is 0 Å². The smallest absolute Gasteiger partial charge is 0.233 e. The molecule has 29 heavy (non-hydrogen) atoms. The molecule has 1 amide bonds. The Labute approximate surface area is 173 Å². The predicted octanol–water partition coefficient (Wildman–Crippen LogP) is 4.46. The molecule has 0 aliphatic rings. The van der Waals surface area contributed by atoms with Crippen LogP contribution in [0.25, 0.3) is 22.4 Å². The topological polar surface area (TPSA) is 64.2 Å². The van der Waals surface area contributed by atoms with Gasteiger partial charge in [-0.3, -0.25) is 9.36 Å². The molecule has 0 unspecified atom stereocenters. The summed E-state index contributed by atoms with van der Waals surface area (Å²) in [4.78, 5) is 14.4. The summed E-state index contributed by atoms with van der Waals surface area (Å²) in [5, 5.41) is 11.6. The maximum atomic E-state index is 12.6. The second kappa shape index (κ2) is 8.53. The number of benzene rings is 2. The highest BCUT2D eigenvalue weighted by Crippen LogP contribution is 2.24. The van der Waals surface area contributed by atoms with Gasteiger partial charge < -0.3 is 9.32 Å². The summed E-state index contributed by atoms with van der Waals surface area (Å²) in [6, 6.07) is 18.2. The Morgan fingerprint density at radius 2 is 1.93 bits per heavy atom. The first-order valence-corrected chi connectivity index (χ1v) is 10.5. The average molecular weight is 407 g/mol. The monoisotopic (exact) mass is 406 g/mol. The summed E-state index contributed by atoms with van der Waals surface area (Å²) >= 11 is 1.40. The fourth-order valence-electron chi connectivity index (χ4n) is 3.20. The molecule has 0 N–H and O–H groups in total. The van der Waals surface area contributed by atoms with Gasteiger partial charge in [-0.1, -0.05) is 48.2 Å². The van der Waals surface area contributed by atoms with E-state index in [1.807, 2.05) is 42.8 Å². The number of carbonyl (C=O) groups is 1. The van der Waals surface area contributed by atoms with Gasteiger partial charge in [0.2, 0.25) is 5.91 Å². The lowest BCUT2D eigenvalue weighted by Gasteiger charge is -2.17. The minimum atomic E-state index is 0.0494. The van der Waals surface area contributed by atoms with Crippen molar-refractivity contribution in [3.8, 4) is 11.6 Å². The number of rotatable bonds is 7. The summed E-state index contributed by atoms with van der Waals surface area (Å²) in [5.41, 5.74) is 1.11. The minimum Gasteiger partial charge on any atom is -0.461 e. The molecular formula is C22H22N4O2S. The minimum absolute atomic E-state index is 0.0494. The molecule has 2 heterocycles. The number of amides is 1. The Balaban J connectivity index is 1.40. The first-order chi connectivity index (χ1) is 14.2. The Morgan fingerprint density at radius 3 is 2.69 bits per heavy atom. The first-order valence-electron chi connectivity index (χ1n) is 9.47. The van der Waals surface area contributed by atoms with Crippen LogP contribution in [-0.4, -0.2) is 38.4 Å². The number of fused-ring (bicyclic) bond motifs is 1. The summed E-state index contributed by atoms with van der Waals surface area (Å²) < 4.78 is 7.39. The molecule has 0 radical (unpaired) electrons. The first kappa shape index (κ1) is 19.3. The summed E-state index contributed by atoms with van der Waals surface area (Å²) in [6.45, 7) is 3.29. The molecule has 4 aromatic rings. The van der Waals surface area contributed by atoms with Crippen LogP contribution in [0.1, 0.15) is 12.5 Å². The van der Waals surface area contributed by atoms with Gasteiger partial charge in [0.1, 0.15) is 0 Å². The molecule has 7 heteroatoms. The Hall–Kier alpha value is -3.06. The van der Waals surface area contributed by atoms with Gasteiger partial charge in [0.15, 0.2) is 16.7 Å². The number of aromatic nitrogens is 3. The van der Waals surface area contributed by atoms with Crippen molar-refractivity contribution < 1.29 is 9.21 Å². The van der Waals surface area contributed by atoms with E-state index in [2.05, 4.69) is 40.5 Å². The standard InChI is InChI=1S/C22H22N4O2S/c1-3-26-21(19-9-6-12-28-19)23-24-22(26)29-15-20(27)25(2)14-16-10-11-17-7-4-5-8-18(17)13-16/h4-13H,3,14-15H2,1-2H3. The largest absolute Gasteiger partial charge is 0.461 e. The molecule has 0 saturated carbocycles. The van der Waals surface area contributed by atoms with E-state index in [4.69, 9.17) is 4.42 Å². The van der Waals surface area contributed by atoms with E-state index in [9.17, 15) is 4.79 Å². The number of carbonyl (C=O) groups excluding carboxylic acids is 1. The lowest BCUT2D eigenvalue weighted by Crippen LogP contribution is -2.27. The van der Waals surface area contributed by atoms with Crippen molar-refractivity contribution in [2.45, 2.75) is 25.2 Å². The number of nitrogens with zero attached hydrogens (tertiary/aromatic N) is 4.